The lowest BCUT2D eigenvalue weighted by Gasteiger charge is -2.14. The molecule has 0 bridgehead atoms. The number of hydrogen-bond acceptors (Lipinski definition) is 24. The van der Waals surface area contributed by atoms with Gasteiger partial charge >= 0.3 is 31.8 Å². The maximum atomic E-state index is 14.0. The molecule has 0 radical (unpaired) electrons. The fourth-order valence-corrected chi connectivity index (χ4v) is 18.2. The summed E-state index contributed by atoms with van der Waals surface area (Å²) in [6.45, 7) is 28.3. The molecule has 0 aliphatic carbocycles. The van der Waals surface area contributed by atoms with E-state index in [1.807, 2.05) is 226 Å². The van der Waals surface area contributed by atoms with Crippen molar-refractivity contribution in [3.8, 4) is 34.5 Å². The Hall–Kier alpha value is -10.2. The van der Waals surface area contributed by atoms with E-state index in [9.17, 15) is 33.2 Å². The topological polar surface area (TPSA) is 213 Å². The molecule has 0 N–H and O–H groups in total. The number of halogens is 4. The molecule has 0 aliphatic rings. The minimum absolute atomic E-state index is 0.0515. The van der Waals surface area contributed by atoms with Crippen LogP contribution in [0.4, 0.5) is 33.2 Å². The third-order valence-electron chi connectivity index (χ3n) is 19.0. The number of thioether (sulfide) groups is 6. The Morgan fingerprint density at radius 3 is 0.908 bits per heavy atom. The Morgan fingerprint density at radius 1 is 0.282 bits per heavy atom. The standard InChI is InChI=1S/C18H20O3S.C17H17BrO3S.C17H17ClO3S.C17H17FO3S.C17H17IO3S.C17H18O3S/c1-12-8-9-16(14(3)10-12)21-11-15-13(2)6-5-7-17(15)22-18(19)20-4;4*1-11-7-8-15(12(2)9-11)21-10-13-14(18)5-4-6-16(13)22-17(19)20-3;1-12-8-9-15(13(2)10-12)20-11-14-6-4-5-7-16(14)21-17(18)19-3/h5-10H,11H2,1-4H3;4*4-9H,10H2,1-3H3;4-10H,11H2,1-3H3. The maximum Gasteiger partial charge on any atom is 0.371 e. The second kappa shape index (κ2) is 56.0. The van der Waals surface area contributed by atoms with Crippen LogP contribution in [0.25, 0.3) is 0 Å². The van der Waals surface area contributed by atoms with Gasteiger partial charge in [0.15, 0.2) is 0 Å². The van der Waals surface area contributed by atoms with Crippen LogP contribution in [0, 0.1) is 99.4 Å². The van der Waals surface area contributed by atoms with Crippen LogP contribution in [0.2, 0.25) is 5.02 Å². The van der Waals surface area contributed by atoms with Crippen molar-refractivity contribution in [1.82, 2.24) is 0 Å². The van der Waals surface area contributed by atoms with E-state index in [2.05, 4.69) is 111 Å². The molecule has 28 heteroatoms. The van der Waals surface area contributed by atoms with Crippen molar-refractivity contribution < 1.29 is 90.0 Å². The molecule has 0 spiro atoms. The second-order valence-corrected chi connectivity index (χ2v) is 37.5. The lowest BCUT2D eigenvalue weighted by Crippen LogP contribution is -2.03. The largest absolute Gasteiger partial charge is 0.489 e. The van der Waals surface area contributed by atoms with Crippen LogP contribution in [0.15, 0.2) is 258 Å². The van der Waals surface area contributed by atoms with Gasteiger partial charge in [-0.1, -0.05) is 188 Å². The summed E-state index contributed by atoms with van der Waals surface area (Å²) < 4.78 is 79.4. The zero-order chi connectivity index (χ0) is 95.8. The highest BCUT2D eigenvalue weighted by atomic mass is 127. The smallest absolute Gasteiger partial charge is 0.371 e. The van der Waals surface area contributed by atoms with Crippen molar-refractivity contribution >= 4 is 153 Å². The number of hydrogen-bond donors (Lipinski definition) is 0. The summed E-state index contributed by atoms with van der Waals surface area (Å²) in [6.07, 6.45) is 0. The average molecular weight is 2090 g/mol. The lowest BCUT2D eigenvalue weighted by molar-refractivity contribution is 0.199. The first kappa shape index (κ1) is 108. The van der Waals surface area contributed by atoms with E-state index in [1.54, 1.807) is 24.3 Å². The minimum atomic E-state index is -0.488. The molecule has 12 aromatic rings. The summed E-state index contributed by atoms with van der Waals surface area (Å²) in [5, 5.41) is -1.61. The fourth-order valence-electron chi connectivity index (χ4n) is 12.2. The molecule has 0 aromatic heterocycles. The first-order chi connectivity index (χ1) is 62.6. The summed E-state index contributed by atoms with van der Waals surface area (Å²) in [7, 11) is 8.17. The number of methoxy groups -OCH3 is 6. The summed E-state index contributed by atoms with van der Waals surface area (Å²) in [4.78, 5) is 73.4. The van der Waals surface area contributed by atoms with Gasteiger partial charge in [-0.25, -0.2) is 33.2 Å². The third-order valence-corrected chi connectivity index (χ3v) is 26.8. The van der Waals surface area contributed by atoms with Crippen LogP contribution in [-0.2, 0) is 68.1 Å². The van der Waals surface area contributed by atoms with E-state index in [0.717, 1.165) is 204 Å². The van der Waals surface area contributed by atoms with E-state index in [1.165, 1.54) is 76.5 Å². The SMILES string of the molecule is COC(=O)Sc1cccc(Br)c1COc1ccc(C)cc1C.COC(=O)Sc1cccc(C)c1COc1ccc(C)cc1C.COC(=O)Sc1cccc(Cl)c1COc1ccc(C)cc1C.COC(=O)Sc1cccc(F)c1COc1ccc(C)cc1C.COC(=O)Sc1cccc(I)c1COc1ccc(C)cc1C.COC(=O)Sc1ccccc1COc1ccc(C)cc1C. The quantitative estimate of drug-likeness (QED) is 0.0238. The first-order valence-electron chi connectivity index (χ1n) is 40.7. The van der Waals surface area contributed by atoms with Crippen LogP contribution in [0.3, 0.4) is 0 Å². The Labute approximate surface area is 820 Å². The highest BCUT2D eigenvalue weighted by Crippen LogP contribution is 2.38. The second-order valence-electron chi connectivity index (χ2n) is 29.2. The number of carbonyl (C=O) groups is 6. The van der Waals surface area contributed by atoms with Gasteiger partial charge in [-0.15, -0.1) is 0 Å². The van der Waals surface area contributed by atoms with Crippen molar-refractivity contribution in [2.24, 2.45) is 0 Å². The predicted octanol–water partition coefficient (Wildman–Crippen LogP) is 30.9. The van der Waals surface area contributed by atoms with Gasteiger partial charge in [-0.05, 0) is 319 Å². The Balaban J connectivity index is 0.000000215. The van der Waals surface area contributed by atoms with Crippen molar-refractivity contribution in [2.45, 2.75) is 159 Å². The Morgan fingerprint density at radius 2 is 0.542 bits per heavy atom. The normalized spacial score (nSPS) is 10.3. The number of benzene rings is 12. The first-order valence-corrected chi connectivity index (χ1v) is 47.8. The van der Waals surface area contributed by atoms with Crippen LogP contribution in [0.1, 0.15) is 106 Å². The van der Waals surface area contributed by atoms with Gasteiger partial charge in [-0.2, -0.15) is 0 Å². The molecule has 0 fully saturated rings. The van der Waals surface area contributed by atoms with Gasteiger partial charge < -0.3 is 56.8 Å². The molecule has 0 saturated carbocycles. The third kappa shape index (κ3) is 36.0. The molecule has 0 heterocycles. The van der Waals surface area contributed by atoms with Crippen molar-refractivity contribution in [3.05, 3.63) is 349 Å². The highest BCUT2D eigenvalue weighted by molar-refractivity contribution is 14.1. The number of ether oxygens (including phenoxy) is 12. The van der Waals surface area contributed by atoms with Crippen molar-refractivity contribution in [1.29, 1.82) is 0 Å². The lowest BCUT2D eigenvalue weighted by atomic mass is 10.1. The van der Waals surface area contributed by atoms with Gasteiger partial charge in [-0.3, -0.25) is 0 Å². The van der Waals surface area contributed by atoms with E-state index in [-0.39, 0.29) is 33.1 Å². The summed E-state index contributed by atoms with van der Waals surface area (Å²) in [5.74, 6) is 4.53. The maximum absolute atomic E-state index is 14.0. The van der Waals surface area contributed by atoms with Crippen molar-refractivity contribution in [2.75, 3.05) is 42.7 Å². The van der Waals surface area contributed by atoms with E-state index < -0.39 is 11.1 Å². The molecule has 0 saturated heterocycles. The molecule has 0 aliphatic heterocycles. The average Bonchev–Trinajstić information content (AvgIpc) is 0.849. The van der Waals surface area contributed by atoms with Gasteiger partial charge in [0.05, 0.1) is 42.7 Å². The predicted molar refractivity (Wildman–Crippen MR) is 540 cm³/mol. The van der Waals surface area contributed by atoms with Crippen LogP contribution in [-0.4, -0.2) is 74.5 Å². The molecule has 0 unspecified atom stereocenters. The van der Waals surface area contributed by atoms with E-state index in [0.29, 0.717) is 54.3 Å². The molecular formula is C103H106BrClFIO18S6. The van der Waals surface area contributed by atoms with Gasteiger partial charge in [0, 0.05) is 75.8 Å². The highest BCUT2D eigenvalue weighted by Gasteiger charge is 2.21. The molecule has 690 valence electrons. The van der Waals surface area contributed by atoms with Gasteiger partial charge in [0.2, 0.25) is 0 Å². The van der Waals surface area contributed by atoms with E-state index >= 15 is 0 Å². The number of rotatable bonds is 24. The number of carbonyl (C=O) groups excluding carboxylic acids is 6. The van der Waals surface area contributed by atoms with Crippen LogP contribution >= 0.6 is 121 Å². The molecule has 131 heavy (non-hydrogen) atoms. The minimum Gasteiger partial charge on any atom is -0.489 e. The molecule has 0 amide bonds. The molecule has 12 rings (SSSR count). The zero-order valence-corrected chi connectivity index (χ0v) is 85.8. The summed E-state index contributed by atoms with van der Waals surface area (Å²) in [6, 6.07) is 71.2. The molecule has 18 nitrogen and oxygen atoms in total. The molecular weight excluding hydrogens is 1980 g/mol. The Bertz CT molecular complexity index is 5210. The summed E-state index contributed by atoms with van der Waals surface area (Å²) >= 11 is 18.2. The Kier molecular flexibility index (Phi) is 46.1. The molecule has 0 atom stereocenters. The van der Waals surface area contributed by atoms with Gasteiger partial charge in [0.1, 0.15) is 80.0 Å². The fraction of sp³-hybridized carbons (Fsp3) is 0.243. The monoisotopic (exact) mass is 2080 g/mol. The molecule has 12 aromatic carbocycles. The van der Waals surface area contributed by atoms with Crippen molar-refractivity contribution in [3.63, 3.8) is 0 Å². The zero-order valence-electron chi connectivity index (χ0n) is 76.4. The van der Waals surface area contributed by atoms with Crippen LogP contribution in [0.5, 0.6) is 34.5 Å². The van der Waals surface area contributed by atoms with Crippen LogP contribution < -0.4 is 28.4 Å². The van der Waals surface area contributed by atoms with Gasteiger partial charge in [0.25, 0.3) is 0 Å². The summed E-state index contributed by atoms with van der Waals surface area (Å²) in [5.41, 5.74) is 19.7. The number of aryl methyl sites for hydroxylation is 13. The van der Waals surface area contributed by atoms with E-state index in [4.69, 9.17) is 54.2 Å².